The summed E-state index contributed by atoms with van der Waals surface area (Å²) in [6.07, 6.45) is 0.376. The van der Waals surface area contributed by atoms with Crippen LogP contribution in [-0.2, 0) is 16.0 Å². The Morgan fingerprint density at radius 2 is 2.57 bits per heavy atom. The first-order chi connectivity index (χ1) is 6.74. The van der Waals surface area contributed by atoms with E-state index in [4.69, 9.17) is 4.74 Å². The molecule has 1 aromatic heterocycles. The average molecular weight is 212 g/mol. The van der Waals surface area contributed by atoms with Gasteiger partial charge in [0.25, 0.3) is 0 Å². The van der Waals surface area contributed by atoms with Gasteiger partial charge in [-0.2, -0.15) is 0 Å². The zero-order valence-electron chi connectivity index (χ0n) is 7.95. The standard InChI is InChI=1S/C9H12N2O2S/c1-6-10-7(5-14-6)2-9(12)11-8-3-13-4-8/h5,8H,2-4H2,1H3,(H,11,12). The van der Waals surface area contributed by atoms with Crippen molar-refractivity contribution in [2.45, 2.75) is 19.4 Å². The van der Waals surface area contributed by atoms with Gasteiger partial charge in [-0.05, 0) is 6.92 Å². The number of hydrogen-bond donors (Lipinski definition) is 1. The summed E-state index contributed by atoms with van der Waals surface area (Å²) in [5, 5.41) is 5.80. The van der Waals surface area contributed by atoms with E-state index in [0.717, 1.165) is 10.7 Å². The lowest BCUT2D eigenvalue weighted by Gasteiger charge is -2.26. The number of nitrogens with zero attached hydrogens (tertiary/aromatic N) is 1. The molecule has 1 aliphatic heterocycles. The predicted octanol–water partition coefficient (Wildman–Crippen LogP) is 0.509. The van der Waals surface area contributed by atoms with E-state index >= 15 is 0 Å². The number of nitrogens with one attached hydrogen (secondary N) is 1. The van der Waals surface area contributed by atoms with Gasteiger partial charge >= 0.3 is 0 Å². The van der Waals surface area contributed by atoms with Crippen molar-refractivity contribution in [2.24, 2.45) is 0 Å². The van der Waals surface area contributed by atoms with E-state index in [1.54, 1.807) is 11.3 Å². The number of aryl methyl sites for hydroxylation is 1. The van der Waals surface area contributed by atoms with Crippen LogP contribution < -0.4 is 5.32 Å². The lowest BCUT2D eigenvalue weighted by molar-refractivity contribution is -0.124. The molecule has 5 heteroatoms. The van der Waals surface area contributed by atoms with Crippen molar-refractivity contribution in [3.63, 3.8) is 0 Å². The molecule has 2 rings (SSSR count). The number of hydrogen-bond acceptors (Lipinski definition) is 4. The minimum absolute atomic E-state index is 0.0311. The van der Waals surface area contributed by atoms with Crippen LogP contribution in [0.3, 0.4) is 0 Å². The zero-order chi connectivity index (χ0) is 9.97. The second-order valence-electron chi connectivity index (χ2n) is 3.34. The first-order valence-corrected chi connectivity index (χ1v) is 5.40. The summed E-state index contributed by atoms with van der Waals surface area (Å²) < 4.78 is 4.96. The molecule has 14 heavy (non-hydrogen) atoms. The molecule has 0 aliphatic carbocycles. The molecule has 0 saturated carbocycles. The third-order valence-corrected chi connectivity index (χ3v) is 2.83. The Morgan fingerprint density at radius 1 is 1.79 bits per heavy atom. The van der Waals surface area contributed by atoms with E-state index in [-0.39, 0.29) is 11.9 Å². The number of amides is 1. The van der Waals surface area contributed by atoms with Crippen LogP contribution in [0, 0.1) is 6.92 Å². The van der Waals surface area contributed by atoms with Crippen LogP contribution in [-0.4, -0.2) is 30.1 Å². The molecule has 0 spiro atoms. The van der Waals surface area contributed by atoms with Gasteiger partial charge in [0, 0.05) is 5.38 Å². The quantitative estimate of drug-likeness (QED) is 0.794. The van der Waals surface area contributed by atoms with Crippen LogP contribution in [0.5, 0.6) is 0 Å². The minimum atomic E-state index is 0.0311. The Balaban J connectivity index is 1.81. The van der Waals surface area contributed by atoms with Gasteiger partial charge in [-0.25, -0.2) is 4.98 Å². The zero-order valence-corrected chi connectivity index (χ0v) is 8.76. The Kier molecular flexibility index (Phi) is 2.79. The number of rotatable bonds is 3. The summed E-state index contributed by atoms with van der Waals surface area (Å²) in [5.74, 6) is 0.0311. The van der Waals surface area contributed by atoms with Gasteiger partial charge in [0.2, 0.25) is 5.91 Å². The molecular weight excluding hydrogens is 200 g/mol. The molecule has 1 aromatic rings. The first-order valence-electron chi connectivity index (χ1n) is 4.52. The Labute approximate surface area is 86.3 Å². The van der Waals surface area contributed by atoms with Gasteiger partial charge in [0.15, 0.2) is 0 Å². The topological polar surface area (TPSA) is 51.2 Å². The Morgan fingerprint density at radius 3 is 3.07 bits per heavy atom. The summed E-state index contributed by atoms with van der Waals surface area (Å²) in [4.78, 5) is 15.7. The van der Waals surface area contributed by atoms with Gasteiger partial charge in [-0.15, -0.1) is 11.3 Å². The van der Waals surface area contributed by atoms with Gasteiger partial charge in [0.1, 0.15) is 0 Å². The van der Waals surface area contributed by atoms with E-state index in [1.807, 2.05) is 12.3 Å². The molecule has 1 aliphatic rings. The van der Waals surface area contributed by atoms with Crippen LogP contribution in [0.1, 0.15) is 10.7 Å². The van der Waals surface area contributed by atoms with Gasteiger partial charge < -0.3 is 10.1 Å². The highest BCUT2D eigenvalue weighted by Gasteiger charge is 2.20. The Bertz CT molecular complexity index is 333. The predicted molar refractivity (Wildman–Crippen MR) is 53.3 cm³/mol. The molecule has 2 heterocycles. The normalized spacial score (nSPS) is 16.4. The van der Waals surface area contributed by atoms with Crippen molar-refractivity contribution in [1.82, 2.24) is 10.3 Å². The maximum absolute atomic E-state index is 11.4. The van der Waals surface area contributed by atoms with E-state index in [0.29, 0.717) is 19.6 Å². The summed E-state index contributed by atoms with van der Waals surface area (Å²) >= 11 is 1.57. The van der Waals surface area contributed by atoms with Crippen molar-refractivity contribution in [3.8, 4) is 0 Å². The fourth-order valence-corrected chi connectivity index (χ4v) is 1.86. The Hall–Kier alpha value is -0.940. The molecule has 0 aromatic carbocycles. The van der Waals surface area contributed by atoms with Crippen molar-refractivity contribution >= 4 is 17.2 Å². The molecule has 76 valence electrons. The first kappa shape index (κ1) is 9.61. The van der Waals surface area contributed by atoms with E-state index in [9.17, 15) is 4.79 Å². The molecule has 1 amide bonds. The molecule has 1 N–H and O–H groups in total. The van der Waals surface area contributed by atoms with Gasteiger partial charge in [-0.1, -0.05) is 0 Å². The van der Waals surface area contributed by atoms with Crippen LogP contribution in [0.4, 0.5) is 0 Å². The number of ether oxygens (including phenoxy) is 1. The summed E-state index contributed by atoms with van der Waals surface area (Å²) in [6.45, 7) is 3.22. The SMILES string of the molecule is Cc1nc(CC(=O)NC2COC2)cs1. The molecule has 1 saturated heterocycles. The van der Waals surface area contributed by atoms with Crippen molar-refractivity contribution in [3.05, 3.63) is 16.1 Å². The van der Waals surface area contributed by atoms with E-state index < -0.39 is 0 Å². The molecule has 4 nitrogen and oxygen atoms in total. The lowest BCUT2D eigenvalue weighted by atomic mass is 10.2. The molecular formula is C9H12N2O2S. The van der Waals surface area contributed by atoms with Crippen molar-refractivity contribution in [2.75, 3.05) is 13.2 Å². The monoisotopic (exact) mass is 212 g/mol. The minimum Gasteiger partial charge on any atom is -0.377 e. The molecule has 0 bridgehead atoms. The number of carbonyl (C=O) groups is 1. The highest BCUT2D eigenvalue weighted by Crippen LogP contribution is 2.08. The number of aromatic nitrogens is 1. The summed E-state index contributed by atoms with van der Waals surface area (Å²) in [6, 6.07) is 0.210. The third kappa shape index (κ3) is 2.30. The van der Waals surface area contributed by atoms with Crippen molar-refractivity contribution < 1.29 is 9.53 Å². The smallest absolute Gasteiger partial charge is 0.226 e. The highest BCUT2D eigenvalue weighted by atomic mass is 32.1. The van der Waals surface area contributed by atoms with Crippen molar-refractivity contribution in [1.29, 1.82) is 0 Å². The third-order valence-electron chi connectivity index (χ3n) is 2.01. The van der Waals surface area contributed by atoms with Crippen LogP contribution in [0.15, 0.2) is 5.38 Å². The molecule has 0 unspecified atom stereocenters. The fourth-order valence-electron chi connectivity index (χ4n) is 1.25. The molecule has 0 radical (unpaired) electrons. The van der Waals surface area contributed by atoms with E-state index in [1.165, 1.54) is 0 Å². The number of carbonyl (C=O) groups excluding carboxylic acids is 1. The molecule has 0 atom stereocenters. The fraction of sp³-hybridized carbons (Fsp3) is 0.556. The maximum Gasteiger partial charge on any atom is 0.226 e. The van der Waals surface area contributed by atoms with Gasteiger partial charge in [-0.3, -0.25) is 4.79 Å². The second-order valence-corrected chi connectivity index (χ2v) is 4.40. The highest BCUT2D eigenvalue weighted by molar-refractivity contribution is 7.09. The molecule has 1 fully saturated rings. The van der Waals surface area contributed by atoms with Crippen LogP contribution in [0.2, 0.25) is 0 Å². The van der Waals surface area contributed by atoms with Crippen LogP contribution in [0.25, 0.3) is 0 Å². The van der Waals surface area contributed by atoms with Gasteiger partial charge in [0.05, 0.1) is 36.4 Å². The summed E-state index contributed by atoms with van der Waals surface area (Å²) in [5.41, 5.74) is 0.852. The number of thiazole rings is 1. The van der Waals surface area contributed by atoms with E-state index in [2.05, 4.69) is 10.3 Å². The second kappa shape index (κ2) is 4.06. The summed E-state index contributed by atoms with van der Waals surface area (Å²) in [7, 11) is 0. The maximum atomic E-state index is 11.4. The van der Waals surface area contributed by atoms with Crippen LogP contribution >= 0.6 is 11.3 Å². The largest absolute Gasteiger partial charge is 0.377 e. The average Bonchev–Trinajstić information content (AvgIpc) is 2.44. The lowest BCUT2D eigenvalue weighted by Crippen LogP contribution is -2.49.